The van der Waals surface area contributed by atoms with Crippen molar-refractivity contribution in [2.24, 2.45) is 0 Å². The summed E-state index contributed by atoms with van der Waals surface area (Å²) in [7, 11) is 1.43. The van der Waals surface area contributed by atoms with Gasteiger partial charge in [0.25, 0.3) is 0 Å². The van der Waals surface area contributed by atoms with Gasteiger partial charge in [0.1, 0.15) is 12.4 Å². The maximum Gasteiger partial charge on any atom is 0.338 e. The van der Waals surface area contributed by atoms with Crippen LogP contribution >= 0.6 is 0 Å². The second-order valence-corrected chi connectivity index (χ2v) is 5.44. The lowest BCUT2D eigenvalue weighted by molar-refractivity contribution is -0.111. The summed E-state index contributed by atoms with van der Waals surface area (Å²) in [4.78, 5) is 40.7. The third-order valence-electron chi connectivity index (χ3n) is 3.94. The monoisotopic (exact) mass is 337 g/mol. The van der Waals surface area contributed by atoms with Crippen LogP contribution in [-0.2, 0) is 20.9 Å². The van der Waals surface area contributed by atoms with Gasteiger partial charge in [-0.1, -0.05) is 18.2 Å². The zero-order valence-electron chi connectivity index (χ0n) is 13.7. The molecule has 2 aromatic rings. The van der Waals surface area contributed by atoms with Crippen LogP contribution in [0.4, 0.5) is 0 Å². The zero-order chi connectivity index (χ0) is 18.0. The van der Waals surface area contributed by atoms with E-state index in [1.807, 2.05) is 0 Å². The van der Waals surface area contributed by atoms with Gasteiger partial charge < -0.3 is 9.47 Å². The van der Waals surface area contributed by atoms with Gasteiger partial charge in [-0.05, 0) is 25.1 Å². The number of hydrogen-bond donors (Lipinski definition) is 0. The summed E-state index contributed by atoms with van der Waals surface area (Å²) in [5.41, 5.74) is 1.46. The molecule has 1 aliphatic carbocycles. The molecule has 0 spiro atoms. The lowest BCUT2D eigenvalue weighted by Gasteiger charge is -2.20. The number of fused-ring (bicyclic) bond motifs is 1. The zero-order valence-corrected chi connectivity index (χ0v) is 13.7. The predicted molar refractivity (Wildman–Crippen MR) is 88.7 cm³/mol. The number of carbonyl (C=O) groups excluding carboxylic acids is 3. The third kappa shape index (κ3) is 2.94. The van der Waals surface area contributed by atoms with E-state index in [1.165, 1.54) is 20.2 Å². The van der Waals surface area contributed by atoms with E-state index in [-0.39, 0.29) is 23.4 Å². The van der Waals surface area contributed by atoms with E-state index in [2.05, 4.69) is 4.98 Å². The lowest BCUT2D eigenvalue weighted by atomic mass is 9.88. The minimum Gasteiger partial charge on any atom is -0.496 e. The average Bonchev–Trinajstić information content (AvgIpc) is 2.65. The van der Waals surface area contributed by atoms with Crippen LogP contribution in [0, 0.1) is 0 Å². The molecule has 0 unspecified atom stereocenters. The van der Waals surface area contributed by atoms with Crippen molar-refractivity contribution in [3.05, 3.63) is 70.6 Å². The Bertz CT molecular complexity index is 899. The number of esters is 1. The smallest absolute Gasteiger partial charge is 0.338 e. The van der Waals surface area contributed by atoms with Crippen molar-refractivity contribution in [3.63, 3.8) is 0 Å². The Labute approximate surface area is 144 Å². The number of Topliss-reactive ketones (excluding diaryl/α,β-unsaturated/α-hetero) is 2. The highest BCUT2D eigenvalue weighted by molar-refractivity contribution is 6.52. The van der Waals surface area contributed by atoms with Gasteiger partial charge in [-0.2, -0.15) is 0 Å². The summed E-state index contributed by atoms with van der Waals surface area (Å²) in [6.07, 6.45) is 1.49. The molecule has 0 amide bonds. The fourth-order valence-electron chi connectivity index (χ4n) is 2.70. The van der Waals surface area contributed by atoms with Crippen molar-refractivity contribution in [1.82, 2.24) is 4.98 Å². The normalized spacial score (nSPS) is 13.5. The number of ketones is 2. The standard InChI is InChI=1S/C19H15NO5/c1-11-16(21)17(22)15-13(18(11)24-2)8-9-20-14(15)10-25-19(23)12-6-4-3-5-7-12/h3-9H,10H2,1-2H3. The molecule has 0 N–H and O–H groups in total. The Hall–Kier alpha value is -3.28. The van der Waals surface area contributed by atoms with Gasteiger partial charge >= 0.3 is 5.97 Å². The second-order valence-electron chi connectivity index (χ2n) is 5.44. The van der Waals surface area contributed by atoms with E-state index >= 15 is 0 Å². The first-order valence-corrected chi connectivity index (χ1v) is 7.59. The average molecular weight is 337 g/mol. The number of methoxy groups -OCH3 is 1. The number of allylic oxidation sites excluding steroid dienone is 1. The molecule has 3 rings (SSSR count). The fourth-order valence-corrected chi connectivity index (χ4v) is 2.70. The number of carbonyl (C=O) groups is 3. The van der Waals surface area contributed by atoms with E-state index < -0.39 is 17.5 Å². The molecular formula is C19H15NO5. The van der Waals surface area contributed by atoms with Crippen molar-refractivity contribution in [2.75, 3.05) is 7.11 Å². The van der Waals surface area contributed by atoms with Gasteiger partial charge in [0.05, 0.1) is 23.9 Å². The topological polar surface area (TPSA) is 82.6 Å². The quantitative estimate of drug-likeness (QED) is 0.630. The van der Waals surface area contributed by atoms with Crippen molar-refractivity contribution in [3.8, 4) is 0 Å². The Morgan fingerprint density at radius 3 is 2.48 bits per heavy atom. The Balaban J connectivity index is 1.93. The summed E-state index contributed by atoms with van der Waals surface area (Å²) < 4.78 is 10.5. The Kier molecular flexibility index (Phi) is 4.43. The molecule has 1 heterocycles. The van der Waals surface area contributed by atoms with Crippen LogP contribution in [-0.4, -0.2) is 29.6 Å². The van der Waals surface area contributed by atoms with Gasteiger partial charge in [-0.3, -0.25) is 14.6 Å². The van der Waals surface area contributed by atoms with Crippen molar-refractivity contribution in [2.45, 2.75) is 13.5 Å². The molecule has 0 atom stereocenters. The van der Waals surface area contributed by atoms with E-state index in [1.54, 1.807) is 36.4 Å². The van der Waals surface area contributed by atoms with Gasteiger partial charge in [0.2, 0.25) is 11.6 Å². The minimum absolute atomic E-state index is 0.121. The predicted octanol–water partition coefficient (Wildman–Crippen LogP) is 2.58. The van der Waals surface area contributed by atoms with Crippen molar-refractivity contribution in [1.29, 1.82) is 0 Å². The number of benzene rings is 1. The van der Waals surface area contributed by atoms with Crippen LogP contribution in [0.3, 0.4) is 0 Å². The summed E-state index contributed by atoms with van der Waals surface area (Å²) in [5.74, 6) is -1.52. The van der Waals surface area contributed by atoms with Crippen molar-refractivity contribution >= 4 is 23.3 Å². The number of ether oxygens (including phenoxy) is 2. The molecule has 0 saturated carbocycles. The number of pyridine rings is 1. The largest absolute Gasteiger partial charge is 0.496 e. The van der Waals surface area contributed by atoms with E-state index in [9.17, 15) is 14.4 Å². The summed E-state index contributed by atoms with van der Waals surface area (Å²) in [5, 5.41) is 0. The maximum absolute atomic E-state index is 12.4. The molecule has 1 aromatic heterocycles. The molecule has 25 heavy (non-hydrogen) atoms. The number of rotatable bonds is 4. The van der Waals surface area contributed by atoms with Crippen LogP contribution in [0.25, 0.3) is 5.76 Å². The van der Waals surface area contributed by atoms with Crippen molar-refractivity contribution < 1.29 is 23.9 Å². The summed E-state index contributed by atoms with van der Waals surface area (Å²) >= 11 is 0. The van der Waals surface area contributed by atoms with Gasteiger partial charge in [0.15, 0.2) is 0 Å². The van der Waals surface area contributed by atoms with Crippen LogP contribution in [0.2, 0.25) is 0 Å². The van der Waals surface area contributed by atoms with Crippen LogP contribution < -0.4 is 0 Å². The summed E-state index contributed by atoms with van der Waals surface area (Å²) in [6, 6.07) is 10.1. The fraction of sp³-hybridized carbons (Fsp3) is 0.158. The first-order valence-electron chi connectivity index (χ1n) is 7.59. The second kappa shape index (κ2) is 6.68. The first-order chi connectivity index (χ1) is 12.0. The minimum atomic E-state index is -0.674. The van der Waals surface area contributed by atoms with E-state index in [0.717, 1.165) is 0 Å². The van der Waals surface area contributed by atoms with Crippen LogP contribution in [0.15, 0.2) is 48.2 Å². The third-order valence-corrected chi connectivity index (χ3v) is 3.94. The molecule has 0 radical (unpaired) electrons. The SMILES string of the molecule is COC1=C(C)C(=O)C(=O)c2c1ccnc2COC(=O)c1ccccc1. The number of aromatic nitrogens is 1. The molecule has 0 bridgehead atoms. The molecule has 0 fully saturated rings. The molecule has 0 aliphatic heterocycles. The molecule has 0 saturated heterocycles. The molecule has 126 valence electrons. The highest BCUT2D eigenvalue weighted by atomic mass is 16.5. The van der Waals surface area contributed by atoms with Crippen LogP contribution in [0.1, 0.15) is 38.9 Å². The van der Waals surface area contributed by atoms with Crippen LogP contribution in [0.5, 0.6) is 0 Å². The Morgan fingerprint density at radius 1 is 1.08 bits per heavy atom. The highest BCUT2D eigenvalue weighted by Gasteiger charge is 2.34. The number of nitrogens with zero attached hydrogens (tertiary/aromatic N) is 1. The number of hydrogen-bond acceptors (Lipinski definition) is 6. The Morgan fingerprint density at radius 2 is 1.80 bits per heavy atom. The van der Waals surface area contributed by atoms with Gasteiger partial charge in [-0.25, -0.2) is 4.79 Å². The van der Waals surface area contributed by atoms with E-state index in [4.69, 9.17) is 9.47 Å². The van der Waals surface area contributed by atoms with Gasteiger partial charge in [-0.15, -0.1) is 0 Å². The molecule has 6 heteroatoms. The van der Waals surface area contributed by atoms with E-state index in [0.29, 0.717) is 16.9 Å². The molecular weight excluding hydrogens is 322 g/mol. The molecule has 1 aliphatic rings. The first kappa shape index (κ1) is 16.6. The summed E-state index contributed by atoms with van der Waals surface area (Å²) in [6.45, 7) is 1.32. The maximum atomic E-state index is 12.4. The molecule has 6 nitrogen and oxygen atoms in total. The molecule has 1 aromatic carbocycles. The highest BCUT2D eigenvalue weighted by Crippen LogP contribution is 2.31. The van der Waals surface area contributed by atoms with Gasteiger partial charge in [0, 0.05) is 17.3 Å². The lowest BCUT2D eigenvalue weighted by Crippen LogP contribution is -2.26.